The van der Waals surface area contributed by atoms with Crippen molar-refractivity contribution in [2.75, 3.05) is 19.7 Å². The van der Waals surface area contributed by atoms with Crippen molar-refractivity contribution in [2.45, 2.75) is 107 Å². The zero-order valence-corrected chi connectivity index (χ0v) is 36.1. The van der Waals surface area contributed by atoms with Gasteiger partial charge in [-0.1, -0.05) is 107 Å². The standard InChI is InChI=1S/C44H57N7O10S/c1-4-13-34(39(53)42(56)46-24-36(52)48-37(40(45)54)29-15-7-5-8-16-29)47-41(55)35-23-32(50-62(59,60)33-21-20-28-14-11-12-19-31(28)22-33)25-51(35)43(57)38(30-17-9-6-10-18-30)49-44(58)61-26-27(2)3/h5,7-8,11-12,14-16,19-22,27,30,32,34-35,37-38,50H,4,6,9-10,13,17-18,23-26H2,1-3H3,(H2,45,54)(H,46,56)(H,47,55)(H,48,52)(H,49,58)/t32-,34?,35?,37+,38+/m1/s1. The fourth-order valence-corrected chi connectivity index (χ4v) is 9.16. The highest BCUT2D eigenvalue weighted by atomic mass is 32.2. The first kappa shape index (κ1) is 47.2. The molecular weight excluding hydrogens is 819 g/mol. The summed E-state index contributed by atoms with van der Waals surface area (Å²) in [5, 5.41) is 11.6. The van der Waals surface area contributed by atoms with Crippen LogP contribution in [0.2, 0.25) is 0 Å². The van der Waals surface area contributed by atoms with Gasteiger partial charge in [0.05, 0.1) is 24.1 Å². The average Bonchev–Trinajstić information content (AvgIpc) is 3.68. The molecule has 2 fully saturated rings. The number of hydrogen-bond donors (Lipinski definition) is 6. The first-order valence-corrected chi connectivity index (χ1v) is 22.6. The van der Waals surface area contributed by atoms with Crippen molar-refractivity contribution >= 4 is 62.2 Å². The third-order valence-corrected chi connectivity index (χ3v) is 12.5. The summed E-state index contributed by atoms with van der Waals surface area (Å²) in [4.78, 5) is 94.7. The molecule has 3 aromatic rings. The number of carbonyl (C=O) groups excluding carboxylic acids is 7. The van der Waals surface area contributed by atoms with Gasteiger partial charge in [-0.2, -0.15) is 0 Å². The van der Waals surface area contributed by atoms with Gasteiger partial charge in [0.1, 0.15) is 18.1 Å². The summed E-state index contributed by atoms with van der Waals surface area (Å²) in [7, 11) is -4.18. The molecule has 1 saturated carbocycles. The quantitative estimate of drug-likeness (QED) is 0.0961. The number of primary amides is 1. The summed E-state index contributed by atoms with van der Waals surface area (Å²) in [6, 6.07) is 14.2. The molecule has 7 N–H and O–H groups in total. The second-order valence-corrected chi connectivity index (χ2v) is 18.0. The van der Waals surface area contributed by atoms with Crippen LogP contribution < -0.4 is 31.7 Å². The Bertz CT molecular complexity index is 2210. The lowest BCUT2D eigenvalue weighted by atomic mass is 9.83. The van der Waals surface area contributed by atoms with Gasteiger partial charge in [-0.15, -0.1) is 0 Å². The Morgan fingerprint density at radius 2 is 1.53 bits per heavy atom. The average molecular weight is 876 g/mol. The van der Waals surface area contributed by atoms with Crippen LogP contribution in [0.15, 0.2) is 77.7 Å². The molecular formula is C44H57N7O10S. The van der Waals surface area contributed by atoms with Gasteiger partial charge in [0.2, 0.25) is 39.4 Å². The fraction of sp³-hybridized carbons (Fsp3) is 0.477. The number of nitrogens with two attached hydrogens (primary N) is 1. The molecule has 3 aromatic carbocycles. The summed E-state index contributed by atoms with van der Waals surface area (Å²) >= 11 is 0. The molecule has 62 heavy (non-hydrogen) atoms. The van der Waals surface area contributed by atoms with E-state index in [4.69, 9.17) is 10.5 Å². The number of carbonyl (C=O) groups is 7. The molecule has 0 spiro atoms. The number of ether oxygens (including phenoxy) is 1. The molecule has 334 valence electrons. The van der Waals surface area contributed by atoms with E-state index in [1.165, 1.54) is 17.0 Å². The summed E-state index contributed by atoms with van der Waals surface area (Å²) in [6.07, 6.45) is 3.20. The van der Waals surface area contributed by atoms with E-state index in [2.05, 4.69) is 26.0 Å². The minimum Gasteiger partial charge on any atom is -0.449 e. The SMILES string of the molecule is CCCC(NC(=O)C1C[C@@H](NS(=O)(=O)c2ccc3ccccc3c2)CN1C(=O)[C@@H](NC(=O)OCC(C)C)C1CCCCC1)C(=O)C(=O)NCC(=O)N[C@H](C(N)=O)c1ccccc1. The number of alkyl carbamates (subject to hydrolysis) is 1. The van der Waals surface area contributed by atoms with E-state index in [0.717, 1.165) is 24.6 Å². The molecule has 1 heterocycles. The molecule has 5 atom stereocenters. The molecule has 18 heteroatoms. The van der Waals surface area contributed by atoms with Gasteiger partial charge < -0.3 is 36.6 Å². The maximum absolute atomic E-state index is 14.7. The van der Waals surface area contributed by atoms with Gasteiger partial charge in [-0.05, 0) is 66.0 Å². The molecule has 17 nitrogen and oxygen atoms in total. The van der Waals surface area contributed by atoms with Gasteiger partial charge in [-0.3, -0.25) is 28.8 Å². The molecule has 1 aliphatic carbocycles. The van der Waals surface area contributed by atoms with Crippen molar-refractivity contribution in [2.24, 2.45) is 17.6 Å². The lowest BCUT2D eigenvalue weighted by molar-refractivity contribution is -0.143. The van der Waals surface area contributed by atoms with Crippen molar-refractivity contribution in [3.8, 4) is 0 Å². The number of hydrogen-bond acceptors (Lipinski definition) is 10. The van der Waals surface area contributed by atoms with Crippen LogP contribution >= 0.6 is 0 Å². The zero-order valence-electron chi connectivity index (χ0n) is 35.3. The van der Waals surface area contributed by atoms with Crippen LogP contribution in [0.1, 0.15) is 83.7 Å². The monoisotopic (exact) mass is 875 g/mol. The summed E-state index contributed by atoms with van der Waals surface area (Å²) in [5.74, 6) is -5.59. The first-order chi connectivity index (χ1) is 29.6. The number of likely N-dealkylation sites (tertiary alicyclic amines) is 1. The minimum absolute atomic E-state index is 0.00851. The number of Topliss-reactive ketones (excluding diaryl/α,β-unsaturated/α-hetero) is 1. The summed E-state index contributed by atoms with van der Waals surface area (Å²) < 4.78 is 35.7. The number of rotatable bonds is 19. The second kappa shape index (κ2) is 21.8. The smallest absolute Gasteiger partial charge is 0.407 e. The third kappa shape index (κ3) is 12.6. The number of fused-ring (bicyclic) bond motifs is 1. The number of amides is 6. The van der Waals surface area contributed by atoms with Crippen LogP contribution in [0, 0.1) is 11.8 Å². The largest absolute Gasteiger partial charge is 0.449 e. The Morgan fingerprint density at radius 3 is 2.19 bits per heavy atom. The lowest BCUT2D eigenvalue weighted by Gasteiger charge is -2.34. The minimum atomic E-state index is -4.18. The molecule has 1 saturated heterocycles. The van der Waals surface area contributed by atoms with E-state index in [0.29, 0.717) is 30.2 Å². The maximum atomic E-state index is 14.7. The van der Waals surface area contributed by atoms with E-state index >= 15 is 0 Å². The molecule has 1 aliphatic heterocycles. The third-order valence-electron chi connectivity index (χ3n) is 11.0. The second-order valence-electron chi connectivity index (χ2n) is 16.3. The normalized spacial score (nSPS) is 18.3. The van der Waals surface area contributed by atoms with E-state index in [1.54, 1.807) is 55.5 Å². The predicted molar refractivity (Wildman–Crippen MR) is 229 cm³/mol. The Labute approximate surface area is 361 Å². The van der Waals surface area contributed by atoms with Gasteiger partial charge in [0.15, 0.2) is 0 Å². The molecule has 0 radical (unpaired) electrons. The highest BCUT2D eigenvalue weighted by Gasteiger charge is 2.46. The van der Waals surface area contributed by atoms with Gasteiger partial charge in [-0.25, -0.2) is 17.9 Å². The van der Waals surface area contributed by atoms with E-state index in [-0.39, 0.29) is 42.7 Å². The molecule has 2 unspecified atom stereocenters. The van der Waals surface area contributed by atoms with E-state index in [9.17, 15) is 42.0 Å². The Kier molecular flexibility index (Phi) is 16.6. The Balaban J connectivity index is 1.35. The first-order valence-electron chi connectivity index (χ1n) is 21.1. The molecule has 5 rings (SSSR count). The van der Waals surface area contributed by atoms with Gasteiger partial charge in [0, 0.05) is 12.6 Å². The van der Waals surface area contributed by atoms with Crippen molar-refractivity contribution < 1.29 is 46.7 Å². The topological polar surface area (TPSA) is 252 Å². The van der Waals surface area contributed by atoms with Gasteiger partial charge >= 0.3 is 6.09 Å². The highest BCUT2D eigenvalue weighted by Crippen LogP contribution is 2.30. The fourth-order valence-electron chi connectivity index (χ4n) is 7.88. The number of nitrogens with zero attached hydrogens (tertiary/aromatic N) is 1. The van der Waals surface area contributed by atoms with Gasteiger partial charge in [0.25, 0.3) is 5.91 Å². The number of sulfonamides is 1. The molecule has 0 aromatic heterocycles. The predicted octanol–water partition coefficient (Wildman–Crippen LogP) is 2.73. The Hall–Kier alpha value is -5.88. The van der Waals surface area contributed by atoms with Crippen LogP contribution in [0.5, 0.6) is 0 Å². The van der Waals surface area contributed by atoms with Crippen molar-refractivity contribution in [1.29, 1.82) is 0 Å². The molecule has 6 amide bonds. The number of benzene rings is 3. The van der Waals surface area contributed by atoms with Crippen LogP contribution in [0.25, 0.3) is 10.8 Å². The van der Waals surface area contributed by atoms with Crippen LogP contribution in [-0.4, -0.2) is 98.6 Å². The summed E-state index contributed by atoms with van der Waals surface area (Å²) in [6.45, 7) is 4.65. The van der Waals surface area contributed by atoms with Crippen LogP contribution in [0.3, 0.4) is 0 Å². The zero-order chi connectivity index (χ0) is 45.0. The van der Waals surface area contributed by atoms with Crippen LogP contribution in [-0.2, 0) is 43.5 Å². The van der Waals surface area contributed by atoms with E-state index in [1.807, 2.05) is 26.0 Å². The lowest BCUT2D eigenvalue weighted by Crippen LogP contribution is -2.58. The molecule has 2 aliphatic rings. The maximum Gasteiger partial charge on any atom is 0.407 e. The van der Waals surface area contributed by atoms with Crippen LogP contribution in [0.4, 0.5) is 4.79 Å². The van der Waals surface area contributed by atoms with Crippen molar-refractivity contribution in [3.63, 3.8) is 0 Å². The van der Waals surface area contributed by atoms with Crippen molar-refractivity contribution in [1.82, 2.24) is 30.9 Å². The van der Waals surface area contributed by atoms with Crippen molar-refractivity contribution in [3.05, 3.63) is 78.4 Å². The Morgan fingerprint density at radius 1 is 0.855 bits per heavy atom. The molecule has 0 bridgehead atoms. The van der Waals surface area contributed by atoms with E-state index < -0.39 is 88.2 Å². The summed E-state index contributed by atoms with van der Waals surface area (Å²) in [5.41, 5.74) is 5.90. The number of ketones is 1. The highest BCUT2D eigenvalue weighted by molar-refractivity contribution is 7.89. The number of nitrogens with one attached hydrogen (secondary N) is 5.